The lowest BCUT2D eigenvalue weighted by atomic mass is 10.1. The summed E-state index contributed by atoms with van der Waals surface area (Å²) in [5.41, 5.74) is 4.33. The van der Waals surface area contributed by atoms with Gasteiger partial charge in [0.05, 0.1) is 11.4 Å². The molecule has 2 heterocycles. The van der Waals surface area contributed by atoms with Crippen molar-refractivity contribution in [2.75, 3.05) is 5.32 Å². The number of hydrogen-bond acceptors (Lipinski definition) is 4. The van der Waals surface area contributed by atoms with Crippen LogP contribution in [0.5, 0.6) is 0 Å². The van der Waals surface area contributed by atoms with Gasteiger partial charge in [-0.3, -0.25) is 4.79 Å². The molecule has 4 aromatic rings. The largest absolute Gasteiger partial charge is 0.306 e. The average molecular weight is 374 g/mol. The predicted molar refractivity (Wildman–Crippen MR) is 109 cm³/mol. The first-order valence-corrected chi connectivity index (χ1v) is 9.45. The third kappa shape index (κ3) is 3.52. The van der Waals surface area contributed by atoms with Gasteiger partial charge in [0.1, 0.15) is 5.82 Å². The Labute approximate surface area is 161 Å². The van der Waals surface area contributed by atoms with E-state index >= 15 is 0 Å². The van der Waals surface area contributed by atoms with Crippen LogP contribution in [0.2, 0.25) is 0 Å². The molecule has 1 amide bonds. The number of aromatic nitrogens is 3. The van der Waals surface area contributed by atoms with Crippen LogP contribution in [-0.2, 0) is 0 Å². The van der Waals surface area contributed by atoms with Gasteiger partial charge in [-0.1, -0.05) is 48.5 Å². The van der Waals surface area contributed by atoms with Crippen molar-refractivity contribution >= 4 is 23.1 Å². The van der Waals surface area contributed by atoms with Gasteiger partial charge < -0.3 is 5.32 Å². The van der Waals surface area contributed by atoms with Crippen LogP contribution < -0.4 is 5.32 Å². The Balaban J connectivity index is 1.65. The minimum absolute atomic E-state index is 0.158. The zero-order valence-electron chi connectivity index (χ0n) is 15.0. The molecular formula is C21H18N4OS. The van der Waals surface area contributed by atoms with Gasteiger partial charge in [0.2, 0.25) is 5.13 Å². The van der Waals surface area contributed by atoms with E-state index in [-0.39, 0.29) is 5.91 Å². The number of hydrogen-bond donors (Lipinski definition) is 1. The SMILES string of the molecule is Cc1cc(NC(=O)c2ccccc2C)n(-c2nc(-c3ccccc3)cs2)n1. The summed E-state index contributed by atoms with van der Waals surface area (Å²) in [6.07, 6.45) is 0. The maximum atomic E-state index is 12.7. The summed E-state index contributed by atoms with van der Waals surface area (Å²) in [7, 11) is 0. The smallest absolute Gasteiger partial charge is 0.257 e. The van der Waals surface area contributed by atoms with Crippen molar-refractivity contribution in [3.05, 3.63) is 82.9 Å². The molecule has 0 unspecified atom stereocenters. The second-order valence-corrected chi connectivity index (χ2v) is 7.07. The maximum absolute atomic E-state index is 12.7. The van der Waals surface area contributed by atoms with E-state index in [1.807, 2.05) is 79.9 Å². The van der Waals surface area contributed by atoms with Crippen molar-refractivity contribution < 1.29 is 4.79 Å². The first-order chi connectivity index (χ1) is 13.1. The van der Waals surface area contributed by atoms with E-state index in [4.69, 9.17) is 0 Å². The molecule has 0 spiro atoms. The lowest BCUT2D eigenvalue weighted by Crippen LogP contribution is -2.16. The van der Waals surface area contributed by atoms with Gasteiger partial charge in [-0.15, -0.1) is 11.3 Å². The first-order valence-electron chi connectivity index (χ1n) is 8.57. The number of benzene rings is 2. The monoisotopic (exact) mass is 374 g/mol. The first kappa shape index (κ1) is 17.2. The topological polar surface area (TPSA) is 59.8 Å². The highest BCUT2D eigenvalue weighted by atomic mass is 32.1. The molecule has 0 aliphatic rings. The van der Waals surface area contributed by atoms with E-state index < -0.39 is 0 Å². The van der Waals surface area contributed by atoms with Gasteiger partial charge in [0.25, 0.3) is 5.91 Å². The minimum atomic E-state index is -0.158. The van der Waals surface area contributed by atoms with Crippen molar-refractivity contribution in [3.63, 3.8) is 0 Å². The lowest BCUT2D eigenvalue weighted by Gasteiger charge is -2.08. The zero-order chi connectivity index (χ0) is 18.8. The molecule has 0 radical (unpaired) electrons. The molecule has 4 rings (SSSR count). The Morgan fingerprint density at radius 2 is 1.78 bits per heavy atom. The minimum Gasteiger partial charge on any atom is -0.306 e. The van der Waals surface area contributed by atoms with Crippen LogP contribution in [0.1, 0.15) is 21.6 Å². The second kappa shape index (κ2) is 7.17. The number of nitrogens with zero attached hydrogens (tertiary/aromatic N) is 3. The molecule has 0 bridgehead atoms. The van der Waals surface area contributed by atoms with E-state index in [9.17, 15) is 4.79 Å². The Morgan fingerprint density at radius 1 is 1.04 bits per heavy atom. The number of anilines is 1. The molecule has 0 aliphatic heterocycles. The normalized spacial score (nSPS) is 10.7. The summed E-state index contributed by atoms with van der Waals surface area (Å²) in [4.78, 5) is 17.4. The van der Waals surface area contributed by atoms with Crippen LogP contribution in [0.4, 0.5) is 5.82 Å². The van der Waals surface area contributed by atoms with E-state index in [2.05, 4.69) is 15.4 Å². The van der Waals surface area contributed by atoms with Crippen LogP contribution in [0.15, 0.2) is 66.0 Å². The number of rotatable bonds is 4. The Morgan fingerprint density at radius 3 is 2.56 bits per heavy atom. The van der Waals surface area contributed by atoms with Gasteiger partial charge in [0.15, 0.2) is 0 Å². The summed E-state index contributed by atoms with van der Waals surface area (Å²) in [6.45, 7) is 3.82. The van der Waals surface area contributed by atoms with Crippen LogP contribution in [0, 0.1) is 13.8 Å². The molecular weight excluding hydrogens is 356 g/mol. The Bertz CT molecular complexity index is 1100. The van der Waals surface area contributed by atoms with Crippen molar-refractivity contribution in [3.8, 4) is 16.4 Å². The van der Waals surface area contributed by atoms with E-state index in [0.29, 0.717) is 16.5 Å². The molecule has 0 saturated carbocycles. The third-order valence-electron chi connectivity index (χ3n) is 4.21. The maximum Gasteiger partial charge on any atom is 0.257 e. The van der Waals surface area contributed by atoms with Gasteiger partial charge in [0, 0.05) is 22.6 Å². The van der Waals surface area contributed by atoms with Crippen LogP contribution in [-0.4, -0.2) is 20.7 Å². The molecule has 134 valence electrons. The van der Waals surface area contributed by atoms with Gasteiger partial charge in [-0.2, -0.15) is 9.78 Å². The highest BCUT2D eigenvalue weighted by Gasteiger charge is 2.16. The van der Waals surface area contributed by atoms with Crippen LogP contribution >= 0.6 is 11.3 Å². The molecule has 0 saturated heterocycles. The third-order valence-corrected chi connectivity index (χ3v) is 5.02. The molecule has 1 N–H and O–H groups in total. The molecule has 0 aliphatic carbocycles. The molecule has 2 aromatic heterocycles. The Kier molecular flexibility index (Phi) is 4.56. The molecule has 27 heavy (non-hydrogen) atoms. The summed E-state index contributed by atoms with van der Waals surface area (Å²) >= 11 is 1.49. The number of nitrogens with one attached hydrogen (secondary N) is 1. The summed E-state index contributed by atoms with van der Waals surface area (Å²) in [5.74, 6) is 0.448. The summed E-state index contributed by atoms with van der Waals surface area (Å²) in [6, 6.07) is 19.4. The fourth-order valence-corrected chi connectivity index (χ4v) is 3.64. The number of thiazole rings is 1. The molecule has 5 nitrogen and oxygen atoms in total. The van der Waals surface area contributed by atoms with E-state index in [1.54, 1.807) is 4.68 Å². The van der Waals surface area contributed by atoms with Crippen molar-refractivity contribution in [1.82, 2.24) is 14.8 Å². The summed E-state index contributed by atoms with van der Waals surface area (Å²) in [5, 5.41) is 10.2. The second-order valence-electron chi connectivity index (χ2n) is 6.23. The number of carbonyl (C=O) groups is 1. The van der Waals surface area contributed by atoms with Crippen molar-refractivity contribution in [1.29, 1.82) is 0 Å². The highest BCUT2D eigenvalue weighted by molar-refractivity contribution is 7.12. The highest BCUT2D eigenvalue weighted by Crippen LogP contribution is 2.26. The molecule has 6 heteroatoms. The van der Waals surface area contributed by atoms with Gasteiger partial charge in [-0.05, 0) is 25.5 Å². The number of aryl methyl sites for hydroxylation is 2. The van der Waals surface area contributed by atoms with Crippen molar-refractivity contribution in [2.24, 2.45) is 0 Å². The summed E-state index contributed by atoms with van der Waals surface area (Å²) < 4.78 is 1.68. The Hall–Kier alpha value is -3.25. The predicted octanol–water partition coefficient (Wildman–Crippen LogP) is 4.86. The van der Waals surface area contributed by atoms with Gasteiger partial charge >= 0.3 is 0 Å². The standard InChI is InChI=1S/C21H18N4OS/c1-14-8-6-7-11-17(14)20(26)23-19-12-15(2)24-25(19)21-22-18(13-27-21)16-9-4-3-5-10-16/h3-13H,1-2H3,(H,23,26). The lowest BCUT2D eigenvalue weighted by molar-refractivity contribution is 0.102. The quantitative estimate of drug-likeness (QED) is 0.555. The van der Waals surface area contributed by atoms with E-state index in [1.165, 1.54) is 11.3 Å². The van der Waals surface area contributed by atoms with Crippen LogP contribution in [0.25, 0.3) is 16.4 Å². The van der Waals surface area contributed by atoms with Crippen LogP contribution in [0.3, 0.4) is 0 Å². The number of carbonyl (C=O) groups excluding carboxylic acids is 1. The van der Waals surface area contributed by atoms with E-state index in [0.717, 1.165) is 22.5 Å². The van der Waals surface area contributed by atoms with Crippen molar-refractivity contribution in [2.45, 2.75) is 13.8 Å². The zero-order valence-corrected chi connectivity index (χ0v) is 15.8. The molecule has 0 atom stereocenters. The average Bonchev–Trinajstić information content (AvgIpc) is 3.29. The van der Waals surface area contributed by atoms with Gasteiger partial charge in [-0.25, -0.2) is 4.98 Å². The molecule has 0 fully saturated rings. The fourth-order valence-electron chi connectivity index (χ4n) is 2.85. The molecule has 2 aromatic carbocycles. The fraction of sp³-hybridized carbons (Fsp3) is 0.0952. The number of amides is 1.